The van der Waals surface area contributed by atoms with Gasteiger partial charge in [0.1, 0.15) is 22.1 Å². The Labute approximate surface area is 530 Å². The minimum Gasteiger partial charge on any atom is -0.243 e. The van der Waals surface area contributed by atoms with Gasteiger partial charge in [-0.3, -0.25) is 0 Å². The van der Waals surface area contributed by atoms with Gasteiger partial charge in [0.15, 0.2) is 0 Å². The average molecular weight is 1280 g/mol. The van der Waals surface area contributed by atoms with Gasteiger partial charge in [-0.25, -0.2) is 9.26 Å². The van der Waals surface area contributed by atoms with Gasteiger partial charge in [0.25, 0.3) is 0 Å². The summed E-state index contributed by atoms with van der Waals surface area (Å²) in [4.78, 5) is 0. The number of benzene rings is 3. The Morgan fingerprint density at radius 2 is 0.464 bits per heavy atom. The summed E-state index contributed by atoms with van der Waals surface area (Å²) < 4.78 is 13.5. The molecule has 0 aliphatic heterocycles. The van der Waals surface area contributed by atoms with Gasteiger partial charge in [0.2, 0.25) is 0 Å². The van der Waals surface area contributed by atoms with Crippen LogP contribution in [0, 0.1) is 0 Å². The van der Waals surface area contributed by atoms with Crippen molar-refractivity contribution in [3.05, 3.63) is 55.5 Å². The molecular weight excluding hydrogens is 1160 g/mol. The third-order valence-corrected chi connectivity index (χ3v) is 21.8. The first kappa shape index (κ1) is 68.9. The molecule has 6 nitrogen and oxygen atoms in total. The Hall–Kier alpha value is -2.58. The largest absolute Gasteiger partial charge is 0.243 e. The van der Waals surface area contributed by atoms with Crippen LogP contribution in [0.4, 0.5) is 0 Å². The highest BCUT2D eigenvalue weighted by Gasteiger charge is 2.50. The Balaban J connectivity index is 1.19. The van der Waals surface area contributed by atoms with E-state index in [-0.39, 0.29) is 10.8 Å². The van der Waals surface area contributed by atoms with E-state index in [1.54, 1.807) is 0 Å². The molecule has 0 unspecified atom stereocenters. The number of unbranched alkanes of at least 4 members (excludes halogenated alkanes) is 44. The van der Waals surface area contributed by atoms with E-state index in [9.17, 15) is 0 Å². The van der Waals surface area contributed by atoms with Crippen molar-refractivity contribution in [2.45, 2.75) is 372 Å². The molecule has 0 spiro atoms. The second-order valence-corrected chi connectivity index (χ2v) is 28.9. The average Bonchev–Trinajstić information content (AvgIpc) is 1.54. The van der Waals surface area contributed by atoms with Crippen LogP contribution in [-0.2, 0) is 10.8 Å². The maximum absolute atomic E-state index is 5.74. The van der Waals surface area contributed by atoms with Gasteiger partial charge in [-0.15, -0.1) is 0 Å². The molecule has 0 N–H and O–H groups in total. The highest BCUT2D eigenvalue weighted by atomic mass is 79.9. The molecule has 0 radical (unpaired) electrons. The normalized spacial score (nSPS) is 13.9. The van der Waals surface area contributed by atoms with E-state index in [2.05, 4.69) is 94.1 Å². The predicted octanol–water partition coefficient (Wildman–Crippen LogP) is 27.2. The fraction of sp³-hybridized carbons (Fsp3) is 0.763. The van der Waals surface area contributed by atoms with Crippen molar-refractivity contribution >= 4 is 53.9 Å². The monoisotopic (exact) mass is 1280 g/mol. The molecule has 2 aliphatic rings. The van der Waals surface area contributed by atoms with Crippen LogP contribution < -0.4 is 0 Å². The lowest BCUT2D eigenvalue weighted by Crippen LogP contribution is -2.27. The summed E-state index contributed by atoms with van der Waals surface area (Å²) in [6.45, 7) is 9.28. The van der Waals surface area contributed by atoms with Crippen LogP contribution in [-0.4, -0.2) is 20.6 Å². The number of fused-ring (bicyclic) bond motifs is 10. The zero-order valence-electron chi connectivity index (χ0n) is 54.4. The third kappa shape index (κ3) is 19.7. The molecule has 0 saturated heterocycles. The topological polar surface area (TPSA) is 77.8 Å². The van der Waals surface area contributed by atoms with Crippen molar-refractivity contribution < 1.29 is 9.26 Å². The SMILES string of the molecule is CCCCCCCCCCCCCCC1(CCCCCCCCCCCCCC)c2cc3c(cc2-c2c1cc(Br)c1nonc21)C(CCCCCCCCCCCCCC)(CCCCCCCCCCCCCC)c1cc(Br)c2nonc2c1-3. The molecule has 0 saturated carbocycles. The number of aromatic nitrogens is 4. The molecule has 0 atom stereocenters. The third-order valence-electron chi connectivity index (χ3n) is 20.6. The van der Waals surface area contributed by atoms with Crippen LogP contribution in [0.1, 0.15) is 384 Å². The molecule has 0 bridgehead atoms. The minimum atomic E-state index is -0.153. The quantitative estimate of drug-likeness (QED) is 0.0361. The Morgan fingerprint density at radius 1 is 0.262 bits per heavy atom. The van der Waals surface area contributed by atoms with Crippen LogP contribution in [0.5, 0.6) is 0 Å². The molecule has 0 fully saturated rings. The summed E-state index contributed by atoms with van der Waals surface area (Å²) in [6.07, 6.45) is 69.8. The second-order valence-electron chi connectivity index (χ2n) is 27.1. The van der Waals surface area contributed by atoms with Crippen LogP contribution >= 0.6 is 31.9 Å². The minimum absolute atomic E-state index is 0.153. The number of nitrogens with zero attached hydrogens (tertiary/aromatic N) is 4. The van der Waals surface area contributed by atoms with Crippen LogP contribution in [0.15, 0.2) is 42.5 Å². The van der Waals surface area contributed by atoms with Crippen LogP contribution in [0.3, 0.4) is 0 Å². The van der Waals surface area contributed by atoms with Gasteiger partial charge >= 0.3 is 0 Å². The number of halogens is 2. The lowest BCUT2D eigenvalue weighted by Gasteiger charge is -2.35. The van der Waals surface area contributed by atoms with E-state index in [1.807, 2.05) is 0 Å². The smallest absolute Gasteiger partial charge is 0.150 e. The number of hydrogen-bond acceptors (Lipinski definition) is 6. The van der Waals surface area contributed by atoms with E-state index >= 15 is 0 Å². The van der Waals surface area contributed by atoms with Crippen molar-refractivity contribution in [3.8, 4) is 22.3 Å². The molecule has 2 aromatic heterocycles. The molecule has 5 aromatic rings. The molecule has 8 heteroatoms. The van der Waals surface area contributed by atoms with Crippen LogP contribution in [0.2, 0.25) is 0 Å². The van der Waals surface area contributed by atoms with Gasteiger partial charge in [-0.05, 0) is 136 Å². The highest BCUT2D eigenvalue weighted by Crippen LogP contribution is 2.63. The maximum atomic E-state index is 5.74. The zero-order valence-corrected chi connectivity index (χ0v) is 57.6. The van der Waals surface area contributed by atoms with Crippen molar-refractivity contribution in [1.29, 1.82) is 0 Å². The first-order chi connectivity index (χ1) is 41.5. The maximum Gasteiger partial charge on any atom is 0.150 e. The van der Waals surface area contributed by atoms with E-state index in [0.717, 1.165) is 56.7 Å². The number of rotatable bonds is 52. The zero-order chi connectivity index (χ0) is 58.9. The van der Waals surface area contributed by atoms with Gasteiger partial charge < -0.3 is 0 Å². The van der Waals surface area contributed by atoms with E-state index in [4.69, 9.17) is 19.6 Å². The van der Waals surface area contributed by atoms with Crippen molar-refractivity contribution in [3.63, 3.8) is 0 Å². The lowest BCUT2D eigenvalue weighted by molar-refractivity contribution is 0.315. The van der Waals surface area contributed by atoms with E-state index in [0.29, 0.717) is 0 Å². The van der Waals surface area contributed by atoms with Gasteiger partial charge in [0, 0.05) is 30.9 Å². The molecule has 2 aliphatic carbocycles. The van der Waals surface area contributed by atoms with Gasteiger partial charge in [0.05, 0.1) is 0 Å². The van der Waals surface area contributed by atoms with Crippen molar-refractivity contribution in [1.82, 2.24) is 20.6 Å². The number of hydrogen-bond donors (Lipinski definition) is 0. The first-order valence-electron chi connectivity index (χ1n) is 36.6. The van der Waals surface area contributed by atoms with Crippen molar-refractivity contribution in [2.24, 2.45) is 0 Å². The molecule has 7 rings (SSSR count). The summed E-state index contributed by atoms with van der Waals surface area (Å²) in [5.41, 5.74) is 14.4. The summed E-state index contributed by atoms with van der Waals surface area (Å²) >= 11 is 8.15. The Kier molecular flexibility index (Phi) is 32.3. The molecule has 470 valence electrons. The fourth-order valence-corrected chi connectivity index (χ4v) is 16.6. The lowest BCUT2D eigenvalue weighted by atomic mass is 9.68. The van der Waals surface area contributed by atoms with Gasteiger partial charge in [-0.2, -0.15) is 0 Å². The Morgan fingerprint density at radius 3 is 0.690 bits per heavy atom. The van der Waals surface area contributed by atoms with Crippen molar-refractivity contribution in [2.75, 3.05) is 0 Å². The molecule has 3 aromatic carbocycles. The molecule has 2 heterocycles. The molecule has 0 amide bonds. The Bertz CT molecular complexity index is 2350. The molecular formula is C76H120Br2N4O2. The fourth-order valence-electron chi connectivity index (χ4n) is 15.6. The highest BCUT2D eigenvalue weighted by molar-refractivity contribution is 9.11. The summed E-state index contributed by atoms with van der Waals surface area (Å²) in [5.74, 6) is 0. The van der Waals surface area contributed by atoms with E-state index < -0.39 is 0 Å². The van der Waals surface area contributed by atoms with Gasteiger partial charge in [-0.1, -0.05) is 336 Å². The summed E-state index contributed by atoms with van der Waals surface area (Å²) in [6, 6.07) is 10.4. The molecule has 84 heavy (non-hydrogen) atoms. The standard InChI is InChI=1S/C76H120Br2N4O2/c1-5-9-13-17-21-25-29-33-37-41-45-49-53-75(54-50-46-42-38-34-30-26-22-18-14-10-6-2)63-57-62-64(58-61(63)69-65(75)59-67(77)71-73(69)81-83-79-71)76(66-60-68(78)72-74(70(62)66)82-84-80-72,55-51-47-43-39-35-31-27-23-19-15-11-7-3)56-52-48-44-40-36-32-28-24-20-16-12-8-4/h57-60H,5-56H2,1-4H3. The van der Waals surface area contributed by atoms with E-state index in [1.165, 1.54) is 353 Å². The second kappa shape index (κ2) is 39.4. The van der Waals surface area contributed by atoms with Crippen LogP contribution in [0.25, 0.3) is 44.3 Å². The summed E-state index contributed by atoms with van der Waals surface area (Å²) in [7, 11) is 0. The summed E-state index contributed by atoms with van der Waals surface area (Å²) in [5, 5.41) is 18.8. The first-order valence-corrected chi connectivity index (χ1v) is 38.1. The predicted molar refractivity (Wildman–Crippen MR) is 368 cm³/mol.